The fraction of sp³-hybridized carbons (Fsp3) is 0.167. The smallest absolute Gasteiger partial charge is 0.336 e. The predicted molar refractivity (Wildman–Crippen MR) is 67.5 cm³/mol. The zero-order valence-electron chi connectivity index (χ0n) is 9.20. The molecule has 0 amide bonds. The Bertz CT molecular complexity index is 611. The first-order chi connectivity index (χ1) is 8.04. The summed E-state index contributed by atoms with van der Waals surface area (Å²) in [5, 5.41) is 10.1. The van der Waals surface area contributed by atoms with Gasteiger partial charge in [-0.15, -0.1) is 0 Å². The van der Waals surface area contributed by atoms with Crippen molar-refractivity contribution in [3.8, 4) is 0 Å². The Morgan fingerprint density at radius 1 is 1.53 bits per heavy atom. The van der Waals surface area contributed by atoms with Crippen LogP contribution in [0.4, 0.5) is 5.69 Å². The SMILES string of the molecule is CCc1c(Cl)nc2cc(N)ccc2c1C(=O)O. The van der Waals surface area contributed by atoms with Gasteiger partial charge >= 0.3 is 5.97 Å². The van der Waals surface area contributed by atoms with E-state index < -0.39 is 5.97 Å². The van der Waals surface area contributed by atoms with Crippen LogP contribution in [0.15, 0.2) is 18.2 Å². The van der Waals surface area contributed by atoms with Crippen LogP contribution in [0, 0.1) is 0 Å². The maximum atomic E-state index is 11.3. The zero-order chi connectivity index (χ0) is 12.6. The van der Waals surface area contributed by atoms with Crippen molar-refractivity contribution in [1.82, 2.24) is 4.98 Å². The maximum Gasteiger partial charge on any atom is 0.336 e. The molecule has 4 nitrogen and oxygen atoms in total. The number of carboxylic acids is 1. The van der Waals surface area contributed by atoms with Crippen LogP contribution >= 0.6 is 11.6 Å². The van der Waals surface area contributed by atoms with Crippen LogP contribution < -0.4 is 5.73 Å². The summed E-state index contributed by atoms with van der Waals surface area (Å²) in [6, 6.07) is 4.94. The molecular formula is C12H11ClN2O2. The highest BCUT2D eigenvalue weighted by Gasteiger charge is 2.17. The second-order valence-corrected chi connectivity index (χ2v) is 4.05. The van der Waals surface area contributed by atoms with Crippen molar-refractivity contribution in [2.45, 2.75) is 13.3 Å². The lowest BCUT2D eigenvalue weighted by molar-refractivity contribution is 0.0698. The second-order valence-electron chi connectivity index (χ2n) is 3.69. The van der Waals surface area contributed by atoms with E-state index in [1.807, 2.05) is 6.92 Å². The van der Waals surface area contributed by atoms with Gasteiger partial charge in [0.05, 0.1) is 11.1 Å². The molecule has 5 heteroatoms. The van der Waals surface area contributed by atoms with E-state index in [-0.39, 0.29) is 10.7 Å². The molecule has 0 aliphatic carbocycles. The van der Waals surface area contributed by atoms with Gasteiger partial charge in [0.15, 0.2) is 0 Å². The fourth-order valence-electron chi connectivity index (χ4n) is 1.86. The van der Waals surface area contributed by atoms with Crippen molar-refractivity contribution in [3.05, 3.63) is 34.5 Å². The van der Waals surface area contributed by atoms with Crippen molar-refractivity contribution in [2.75, 3.05) is 5.73 Å². The lowest BCUT2D eigenvalue weighted by Gasteiger charge is -2.10. The minimum Gasteiger partial charge on any atom is -0.478 e. The Hall–Kier alpha value is -1.81. The van der Waals surface area contributed by atoms with Gasteiger partial charge in [-0.05, 0) is 24.6 Å². The number of carboxylic acid groups (broad SMARTS) is 1. The minimum atomic E-state index is -0.999. The van der Waals surface area contributed by atoms with Crippen LogP contribution in [0.3, 0.4) is 0 Å². The first kappa shape index (κ1) is 11.7. The molecule has 17 heavy (non-hydrogen) atoms. The third-order valence-electron chi connectivity index (χ3n) is 2.63. The lowest BCUT2D eigenvalue weighted by atomic mass is 10.0. The molecule has 0 atom stereocenters. The number of aromatic carboxylic acids is 1. The van der Waals surface area contributed by atoms with Crippen LogP contribution in [-0.2, 0) is 6.42 Å². The molecule has 2 aromatic rings. The number of benzene rings is 1. The first-order valence-electron chi connectivity index (χ1n) is 5.15. The van der Waals surface area contributed by atoms with Gasteiger partial charge in [0.25, 0.3) is 0 Å². The molecule has 88 valence electrons. The van der Waals surface area contributed by atoms with E-state index in [1.165, 1.54) is 0 Å². The molecule has 1 heterocycles. The van der Waals surface area contributed by atoms with Gasteiger partial charge in [-0.1, -0.05) is 18.5 Å². The number of nitrogens with zero attached hydrogens (tertiary/aromatic N) is 1. The molecule has 0 spiro atoms. The van der Waals surface area contributed by atoms with E-state index >= 15 is 0 Å². The number of anilines is 1. The number of fused-ring (bicyclic) bond motifs is 1. The summed E-state index contributed by atoms with van der Waals surface area (Å²) in [5.41, 5.74) is 7.44. The van der Waals surface area contributed by atoms with Crippen molar-refractivity contribution in [2.24, 2.45) is 0 Å². The highest BCUT2D eigenvalue weighted by atomic mass is 35.5. The summed E-state index contributed by atoms with van der Waals surface area (Å²) < 4.78 is 0. The summed E-state index contributed by atoms with van der Waals surface area (Å²) in [5.74, 6) is -0.999. The summed E-state index contributed by atoms with van der Waals surface area (Å²) in [4.78, 5) is 15.5. The number of halogens is 1. The van der Waals surface area contributed by atoms with E-state index in [4.69, 9.17) is 17.3 Å². The average molecular weight is 251 g/mol. The van der Waals surface area contributed by atoms with Crippen LogP contribution in [-0.4, -0.2) is 16.1 Å². The van der Waals surface area contributed by atoms with Gasteiger partial charge < -0.3 is 10.8 Å². The third kappa shape index (κ3) is 1.91. The highest BCUT2D eigenvalue weighted by Crippen LogP contribution is 2.28. The van der Waals surface area contributed by atoms with Crippen molar-refractivity contribution < 1.29 is 9.90 Å². The molecule has 0 saturated carbocycles. The Kier molecular flexibility index (Phi) is 2.90. The molecule has 1 aromatic heterocycles. The molecule has 2 rings (SSSR count). The van der Waals surface area contributed by atoms with Gasteiger partial charge in [-0.3, -0.25) is 0 Å². The predicted octanol–water partition coefficient (Wildman–Crippen LogP) is 2.73. The minimum absolute atomic E-state index is 0.211. The Labute approximate surface area is 103 Å². The molecule has 0 saturated heterocycles. The number of aromatic nitrogens is 1. The fourth-order valence-corrected chi connectivity index (χ4v) is 2.18. The number of pyridine rings is 1. The molecule has 0 aliphatic rings. The largest absolute Gasteiger partial charge is 0.478 e. The van der Waals surface area contributed by atoms with Crippen molar-refractivity contribution in [3.63, 3.8) is 0 Å². The highest BCUT2D eigenvalue weighted by molar-refractivity contribution is 6.31. The van der Waals surface area contributed by atoms with E-state index in [0.717, 1.165) is 0 Å². The first-order valence-corrected chi connectivity index (χ1v) is 5.53. The monoisotopic (exact) mass is 250 g/mol. The molecule has 0 fully saturated rings. The summed E-state index contributed by atoms with van der Waals surface area (Å²) in [7, 11) is 0. The van der Waals surface area contributed by atoms with E-state index in [1.54, 1.807) is 18.2 Å². The lowest BCUT2D eigenvalue weighted by Crippen LogP contribution is -2.05. The number of rotatable bonds is 2. The van der Waals surface area contributed by atoms with Gasteiger partial charge in [-0.25, -0.2) is 9.78 Å². The third-order valence-corrected chi connectivity index (χ3v) is 2.94. The van der Waals surface area contributed by atoms with Crippen LogP contribution in [0.1, 0.15) is 22.8 Å². The number of nitrogens with two attached hydrogens (primary N) is 1. The molecule has 0 radical (unpaired) electrons. The normalized spacial score (nSPS) is 10.7. The Morgan fingerprint density at radius 2 is 2.24 bits per heavy atom. The summed E-state index contributed by atoms with van der Waals surface area (Å²) >= 11 is 5.99. The summed E-state index contributed by atoms with van der Waals surface area (Å²) in [6.07, 6.45) is 0.522. The van der Waals surface area contributed by atoms with Crippen molar-refractivity contribution >= 4 is 34.2 Å². The van der Waals surface area contributed by atoms with Gasteiger partial charge in [0, 0.05) is 16.6 Å². The van der Waals surface area contributed by atoms with Crippen LogP contribution in [0.25, 0.3) is 10.9 Å². The molecule has 3 N–H and O–H groups in total. The van der Waals surface area contributed by atoms with Gasteiger partial charge in [0.2, 0.25) is 0 Å². The van der Waals surface area contributed by atoms with E-state index in [0.29, 0.717) is 28.6 Å². The van der Waals surface area contributed by atoms with E-state index in [9.17, 15) is 9.90 Å². The Balaban J connectivity index is 2.92. The van der Waals surface area contributed by atoms with Gasteiger partial charge in [0.1, 0.15) is 5.15 Å². The zero-order valence-corrected chi connectivity index (χ0v) is 9.95. The van der Waals surface area contributed by atoms with Crippen LogP contribution in [0.2, 0.25) is 5.15 Å². The van der Waals surface area contributed by atoms with Crippen molar-refractivity contribution in [1.29, 1.82) is 0 Å². The molecular weight excluding hydrogens is 240 g/mol. The molecule has 1 aromatic carbocycles. The summed E-state index contributed by atoms with van der Waals surface area (Å²) in [6.45, 7) is 1.85. The number of nitrogen functional groups attached to an aromatic ring is 1. The maximum absolute atomic E-state index is 11.3. The number of hydrogen-bond acceptors (Lipinski definition) is 3. The topological polar surface area (TPSA) is 76.2 Å². The number of carbonyl (C=O) groups is 1. The standard InChI is InChI=1S/C12H11ClN2O2/c1-2-7-10(12(16)17)8-4-3-6(14)5-9(8)15-11(7)13/h3-5H,2,14H2,1H3,(H,16,17). The molecule has 0 unspecified atom stereocenters. The van der Waals surface area contributed by atoms with E-state index in [2.05, 4.69) is 4.98 Å². The Morgan fingerprint density at radius 3 is 2.82 bits per heavy atom. The second kappa shape index (κ2) is 4.22. The van der Waals surface area contributed by atoms with Crippen LogP contribution in [0.5, 0.6) is 0 Å². The molecule has 0 bridgehead atoms. The number of hydrogen-bond donors (Lipinski definition) is 2. The molecule has 0 aliphatic heterocycles. The quantitative estimate of drug-likeness (QED) is 0.635. The van der Waals surface area contributed by atoms with Gasteiger partial charge in [-0.2, -0.15) is 0 Å². The average Bonchev–Trinajstić information content (AvgIpc) is 2.26.